The van der Waals surface area contributed by atoms with Gasteiger partial charge >= 0.3 is 0 Å². The molecule has 1 aromatic rings. The minimum atomic E-state index is -0.250. The van der Waals surface area contributed by atoms with Gasteiger partial charge in [-0.1, -0.05) is 57.4 Å². The molecule has 1 amide bonds. The van der Waals surface area contributed by atoms with Crippen molar-refractivity contribution in [1.82, 2.24) is 0 Å². The van der Waals surface area contributed by atoms with Gasteiger partial charge in [0, 0.05) is 11.5 Å². The van der Waals surface area contributed by atoms with Crippen molar-refractivity contribution < 1.29 is 10.1 Å². The van der Waals surface area contributed by atoms with Crippen molar-refractivity contribution in [2.45, 2.75) is 57.9 Å². The van der Waals surface area contributed by atoms with Gasteiger partial charge in [0.15, 0.2) is 6.54 Å². The van der Waals surface area contributed by atoms with Crippen molar-refractivity contribution in [1.29, 1.82) is 0 Å². The number of hydrogen-bond acceptors (Lipinski definition) is 1. The highest BCUT2D eigenvalue weighted by atomic mass is 16.1. The Balaban J connectivity index is 2.05. The molecule has 4 N–H and O–H groups in total. The fraction of sp³-hybridized carbons (Fsp3) is 0.611. The molecular weight excluding hydrogens is 260 g/mol. The number of benzene rings is 1. The summed E-state index contributed by atoms with van der Waals surface area (Å²) >= 11 is 0. The largest absolute Gasteiger partial charge is 0.365 e. The molecule has 1 aliphatic rings. The number of carbonyl (C=O) groups excluding carboxylic acids is 1. The van der Waals surface area contributed by atoms with E-state index in [-0.39, 0.29) is 5.91 Å². The first kappa shape index (κ1) is 16.0. The summed E-state index contributed by atoms with van der Waals surface area (Å²) in [6.07, 6.45) is 6.80. The molecule has 1 fully saturated rings. The molecule has 0 spiro atoms. The van der Waals surface area contributed by atoms with Gasteiger partial charge < -0.3 is 11.1 Å². The van der Waals surface area contributed by atoms with Crippen LogP contribution in [0.5, 0.6) is 0 Å². The lowest BCUT2D eigenvalue weighted by atomic mass is 9.83. The van der Waals surface area contributed by atoms with Crippen molar-refractivity contribution in [3.63, 3.8) is 0 Å². The lowest BCUT2D eigenvalue weighted by Gasteiger charge is -2.23. The molecule has 1 aliphatic carbocycles. The van der Waals surface area contributed by atoms with Crippen molar-refractivity contribution in [2.24, 2.45) is 11.7 Å². The molecule has 0 heterocycles. The highest BCUT2D eigenvalue weighted by molar-refractivity contribution is 5.74. The number of hydrogen-bond donors (Lipinski definition) is 2. The maximum absolute atomic E-state index is 11.0. The fourth-order valence-corrected chi connectivity index (χ4v) is 3.46. The molecule has 2 rings (SSSR count). The molecule has 0 aromatic heterocycles. The zero-order valence-electron chi connectivity index (χ0n) is 13.3. The Labute approximate surface area is 128 Å². The molecule has 116 valence electrons. The van der Waals surface area contributed by atoms with Crippen LogP contribution in [0.3, 0.4) is 0 Å². The van der Waals surface area contributed by atoms with E-state index in [1.165, 1.54) is 43.2 Å². The molecule has 0 saturated heterocycles. The quantitative estimate of drug-likeness (QED) is 0.830. The topological polar surface area (TPSA) is 59.7 Å². The van der Waals surface area contributed by atoms with Gasteiger partial charge in [0.2, 0.25) is 0 Å². The van der Waals surface area contributed by atoms with Gasteiger partial charge in [0.1, 0.15) is 6.04 Å². The van der Waals surface area contributed by atoms with Crippen molar-refractivity contribution >= 4 is 5.91 Å². The normalized spacial score (nSPS) is 17.9. The smallest absolute Gasteiger partial charge is 0.272 e. The minimum absolute atomic E-state index is 0.250. The van der Waals surface area contributed by atoms with E-state index in [0.717, 1.165) is 5.92 Å². The molecule has 1 aromatic carbocycles. The first-order chi connectivity index (χ1) is 10.1. The third-order valence-electron chi connectivity index (χ3n) is 4.69. The summed E-state index contributed by atoms with van der Waals surface area (Å²) in [5.41, 5.74) is 8.05. The van der Waals surface area contributed by atoms with E-state index in [9.17, 15) is 4.79 Å². The number of nitrogens with two attached hydrogens (primary N) is 2. The summed E-state index contributed by atoms with van der Waals surface area (Å²) in [6, 6.07) is 9.37. The van der Waals surface area contributed by atoms with Gasteiger partial charge in [0.05, 0.1) is 0 Å². The second-order valence-electron chi connectivity index (χ2n) is 6.68. The molecule has 0 bridgehead atoms. The highest BCUT2D eigenvalue weighted by Crippen LogP contribution is 2.33. The molecule has 21 heavy (non-hydrogen) atoms. The van der Waals surface area contributed by atoms with Crippen LogP contribution in [-0.4, -0.2) is 12.5 Å². The lowest BCUT2D eigenvalue weighted by Crippen LogP contribution is -2.88. The minimum Gasteiger partial charge on any atom is -0.365 e. The predicted molar refractivity (Wildman–Crippen MR) is 85.8 cm³/mol. The van der Waals surface area contributed by atoms with Crippen LogP contribution in [0.25, 0.3) is 0 Å². The number of rotatable bonds is 6. The van der Waals surface area contributed by atoms with Crippen molar-refractivity contribution in [2.75, 3.05) is 6.54 Å². The molecule has 1 atom stereocenters. The van der Waals surface area contributed by atoms with Crippen LogP contribution in [0.15, 0.2) is 24.3 Å². The van der Waals surface area contributed by atoms with E-state index in [1.807, 2.05) is 0 Å². The Morgan fingerprint density at radius 1 is 1.19 bits per heavy atom. The van der Waals surface area contributed by atoms with Crippen LogP contribution >= 0.6 is 0 Å². The van der Waals surface area contributed by atoms with Gasteiger partial charge in [-0.2, -0.15) is 0 Å². The molecule has 0 aliphatic heterocycles. The number of amides is 1. The van der Waals surface area contributed by atoms with E-state index in [1.54, 1.807) is 0 Å². The second kappa shape index (κ2) is 7.60. The molecule has 0 unspecified atom stereocenters. The third kappa shape index (κ3) is 4.57. The second-order valence-corrected chi connectivity index (χ2v) is 6.68. The zero-order chi connectivity index (χ0) is 15.2. The van der Waals surface area contributed by atoms with Gasteiger partial charge in [-0.25, -0.2) is 0 Å². The summed E-state index contributed by atoms with van der Waals surface area (Å²) in [5.74, 6) is 0.976. The van der Waals surface area contributed by atoms with Gasteiger partial charge in [-0.3, -0.25) is 4.79 Å². The maximum Gasteiger partial charge on any atom is 0.272 e. The SMILES string of the molecule is CC(C)[C@H]([NH2+]CC(N)=O)c1ccc(C2CCCCC2)cc1. The molecular formula is C18H29N2O+. The Kier molecular flexibility index (Phi) is 5.80. The average molecular weight is 289 g/mol. The lowest BCUT2D eigenvalue weighted by molar-refractivity contribution is -0.692. The summed E-state index contributed by atoms with van der Waals surface area (Å²) < 4.78 is 0. The summed E-state index contributed by atoms with van der Waals surface area (Å²) in [4.78, 5) is 11.0. The molecule has 3 nitrogen and oxygen atoms in total. The third-order valence-corrected chi connectivity index (χ3v) is 4.69. The summed E-state index contributed by atoms with van der Waals surface area (Å²) in [6.45, 7) is 4.74. The highest BCUT2D eigenvalue weighted by Gasteiger charge is 2.21. The van der Waals surface area contributed by atoms with Crippen LogP contribution in [0.4, 0.5) is 0 Å². The van der Waals surface area contributed by atoms with Crippen LogP contribution in [0.2, 0.25) is 0 Å². The predicted octanol–water partition coefficient (Wildman–Crippen LogP) is 2.48. The number of primary amides is 1. The number of carbonyl (C=O) groups is 1. The first-order valence-electron chi connectivity index (χ1n) is 8.29. The van der Waals surface area contributed by atoms with Crippen LogP contribution in [-0.2, 0) is 4.79 Å². The van der Waals surface area contributed by atoms with Gasteiger partial charge in [-0.05, 0) is 24.3 Å². The monoisotopic (exact) mass is 289 g/mol. The van der Waals surface area contributed by atoms with Crippen LogP contribution in [0, 0.1) is 5.92 Å². The Morgan fingerprint density at radius 3 is 2.33 bits per heavy atom. The van der Waals surface area contributed by atoms with E-state index in [2.05, 4.69) is 43.4 Å². The Morgan fingerprint density at radius 2 is 1.81 bits per heavy atom. The van der Waals surface area contributed by atoms with Crippen LogP contribution in [0.1, 0.15) is 69.0 Å². The molecule has 3 heteroatoms. The van der Waals surface area contributed by atoms with Crippen LogP contribution < -0.4 is 11.1 Å². The Hall–Kier alpha value is -1.35. The summed E-state index contributed by atoms with van der Waals surface area (Å²) in [5, 5.41) is 2.06. The fourth-order valence-electron chi connectivity index (χ4n) is 3.46. The first-order valence-corrected chi connectivity index (χ1v) is 8.29. The van der Waals surface area contributed by atoms with Gasteiger partial charge in [0.25, 0.3) is 5.91 Å². The van der Waals surface area contributed by atoms with Crippen molar-refractivity contribution in [3.8, 4) is 0 Å². The van der Waals surface area contributed by atoms with Crippen molar-refractivity contribution in [3.05, 3.63) is 35.4 Å². The van der Waals surface area contributed by atoms with Gasteiger partial charge in [-0.15, -0.1) is 0 Å². The van der Waals surface area contributed by atoms with E-state index >= 15 is 0 Å². The summed E-state index contributed by atoms with van der Waals surface area (Å²) in [7, 11) is 0. The number of quaternary nitrogens is 1. The van der Waals surface area contributed by atoms with E-state index in [4.69, 9.17) is 5.73 Å². The molecule has 0 radical (unpaired) electrons. The molecule has 1 saturated carbocycles. The van der Waals surface area contributed by atoms with E-state index < -0.39 is 0 Å². The average Bonchev–Trinajstić information content (AvgIpc) is 2.48. The zero-order valence-corrected chi connectivity index (χ0v) is 13.3. The Bertz CT molecular complexity index is 447. The van der Waals surface area contributed by atoms with E-state index in [0.29, 0.717) is 18.5 Å². The standard InChI is InChI=1S/C18H28N2O/c1-13(2)18(20-12-17(19)21)16-10-8-15(9-11-16)14-6-4-3-5-7-14/h8-11,13-14,18,20H,3-7,12H2,1-2H3,(H2,19,21)/p+1/t18-/m0/s1. The maximum atomic E-state index is 11.0.